The molecule has 2 aromatic carbocycles. The van der Waals surface area contributed by atoms with Gasteiger partial charge in [-0.2, -0.15) is 0 Å². The molecule has 1 aliphatic rings. The van der Waals surface area contributed by atoms with Gasteiger partial charge in [0.1, 0.15) is 0 Å². The molecule has 1 fully saturated rings. The Morgan fingerprint density at radius 2 is 1.48 bits per heavy atom. The molecule has 2 heterocycles. The Balaban J connectivity index is 1.64. The van der Waals surface area contributed by atoms with Crippen molar-refractivity contribution in [1.29, 1.82) is 0 Å². The Bertz CT molecular complexity index is 902. The van der Waals surface area contributed by atoms with E-state index in [9.17, 15) is 5.11 Å². The minimum atomic E-state index is -0.436. The van der Waals surface area contributed by atoms with Gasteiger partial charge >= 0.3 is 0 Å². The van der Waals surface area contributed by atoms with Crippen LogP contribution in [0.5, 0.6) is 0 Å². The number of halogens is 2. The molecule has 3 atom stereocenters. The fourth-order valence-corrected chi connectivity index (χ4v) is 4.97. The van der Waals surface area contributed by atoms with Gasteiger partial charge in [-0.25, -0.2) is 0 Å². The Labute approximate surface area is 176 Å². The lowest BCUT2D eigenvalue weighted by Crippen LogP contribution is -2.48. The summed E-state index contributed by atoms with van der Waals surface area (Å²) in [4.78, 5) is 2.31. The maximum absolute atomic E-state index is 10.9. The molecule has 0 radical (unpaired) electrons. The smallest absolute Gasteiger partial charge is 0.0846 e. The lowest BCUT2D eigenvalue weighted by Gasteiger charge is -2.36. The standard InChI is InChI=1S/C21H24Br2N2O2/c1-13-9-24(10-14(2)27-13)11-17(26)12-25-20-5-3-15(22)7-18(20)19-8-16(23)4-6-21(19)25/h3-8,13-14,17,26H,9-12H2,1-2H3/t13-,14-,17-/m1/s1. The quantitative estimate of drug-likeness (QED) is 0.565. The monoisotopic (exact) mass is 494 g/mol. The molecule has 4 nitrogen and oxygen atoms in total. The summed E-state index contributed by atoms with van der Waals surface area (Å²) in [6.45, 7) is 7.16. The molecule has 0 unspecified atom stereocenters. The second kappa shape index (κ2) is 7.84. The van der Waals surface area contributed by atoms with E-state index in [1.165, 1.54) is 10.8 Å². The number of benzene rings is 2. The van der Waals surface area contributed by atoms with Gasteiger partial charge in [0.2, 0.25) is 0 Å². The number of morpholine rings is 1. The number of fused-ring (bicyclic) bond motifs is 3. The Kier molecular flexibility index (Phi) is 5.63. The molecule has 1 saturated heterocycles. The molecule has 27 heavy (non-hydrogen) atoms. The Morgan fingerprint density at radius 3 is 2.00 bits per heavy atom. The molecule has 0 bridgehead atoms. The molecule has 0 aliphatic carbocycles. The first kappa shape index (κ1) is 19.4. The number of aliphatic hydroxyl groups is 1. The SMILES string of the molecule is C[C@@H]1CN(C[C@@H](O)Cn2c3ccc(Br)cc3c3cc(Br)ccc32)C[C@@H](C)O1. The molecule has 0 saturated carbocycles. The predicted octanol–water partition coefficient (Wildman–Crippen LogP) is 4.79. The molecular formula is C21H24Br2N2O2. The van der Waals surface area contributed by atoms with Crippen LogP contribution in [0, 0.1) is 0 Å². The predicted molar refractivity (Wildman–Crippen MR) is 117 cm³/mol. The van der Waals surface area contributed by atoms with E-state index in [1.54, 1.807) is 0 Å². The molecule has 1 N–H and O–H groups in total. The van der Waals surface area contributed by atoms with E-state index in [1.807, 2.05) is 0 Å². The normalized spacial score (nSPS) is 22.6. The fraction of sp³-hybridized carbons (Fsp3) is 0.429. The van der Waals surface area contributed by atoms with Crippen LogP contribution < -0.4 is 0 Å². The zero-order valence-corrected chi connectivity index (χ0v) is 18.7. The molecule has 1 aliphatic heterocycles. The summed E-state index contributed by atoms with van der Waals surface area (Å²) in [7, 11) is 0. The Morgan fingerprint density at radius 1 is 0.963 bits per heavy atom. The van der Waals surface area contributed by atoms with Crippen molar-refractivity contribution >= 4 is 53.7 Å². The van der Waals surface area contributed by atoms with Crippen molar-refractivity contribution < 1.29 is 9.84 Å². The van der Waals surface area contributed by atoms with Crippen molar-refractivity contribution in [1.82, 2.24) is 9.47 Å². The van der Waals surface area contributed by atoms with Crippen LogP contribution in [0.4, 0.5) is 0 Å². The molecule has 0 spiro atoms. The van der Waals surface area contributed by atoms with Gasteiger partial charge in [-0.3, -0.25) is 4.90 Å². The minimum absolute atomic E-state index is 0.212. The highest BCUT2D eigenvalue weighted by atomic mass is 79.9. The van der Waals surface area contributed by atoms with E-state index in [4.69, 9.17) is 4.74 Å². The van der Waals surface area contributed by atoms with E-state index < -0.39 is 6.10 Å². The first-order chi connectivity index (χ1) is 12.9. The van der Waals surface area contributed by atoms with E-state index in [-0.39, 0.29) is 12.2 Å². The van der Waals surface area contributed by atoms with Crippen LogP contribution in [0.15, 0.2) is 45.3 Å². The molecule has 144 valence electrons. The lowest BCUT2D eigenvalue weighted by molar-refractivity contribution is -0.0771. The summed E-state index contributed by atoms with van der Waals surface area (Å²) in [5, 5.41) is 13.2. The van der Waals surface area contributed by atoms with Gasteiger partial charge < -0.3 is 14.4 Å². The van der Waals surface area contributed by atoms with Gasteiger partial charge in [0.15, 0.2) is 0 Å². The summed E-state index contributed by atoms with van der Waals surface area (Å²) >= 11 is 7.17. The van der Waals surface area contributed by atoms with Crippen molar-refractivity contribution in [2.24, 2.45) is 0 Å². The number of aromatic nitrogens is 1. The molecule has 3 aromatic rings. The highest BCUT2D eigenvalue weighted by Crippen LogP contribution is 2.33. The van der Waals surface area contributed by atoms with Crippen molar-refractivity contribution in [2.45, 2.75) is 38.7 Å². The summed E-state index contributed by atoms with van der Waals surface area (Å²) < 4.78 is 10.2. The second-order valence-electron chi connectivity index (χ2n) is 7.56. The van der Waals surface area contributed by atoms with Gasteiger partial charge in [-0.05, 0) is 50.2 Å². The zero-order valence-electron chi connectivity index (χ0n) is 15.5. The zero-order chi connectivity index (χ0) is 19.1. The van der Waals surface area contributed by atoms with Crippen LogP contribution >= 0.6 is 31.9 Å². The number of hydrogen-bond acceptors (Lipinski definition) is 3. The van der Waals surface area contributed by atoms with Gasteiger partial charge in [0.05, 0.1) is 24.9 Å². The van der Waals surface area contributed by atoms with E-state index in [0.717, 1.165) is 33.1 Å². The maximum atomic E-state index is 10.9. The largest absolute Gasteiger partial charge is 0.390 e. The Hall–Kier alpha value is -0.920. The van der Waals surface area contributed by atoms with Gasteiger partial charge in [0.25, 0.3) is 0 Å². The number of aliphatic hydroxyl groups excluding tert-OH is 1. The van der Waals surface area contributed by atoms with Crippen LogP contribution in [0.2, 0.25) is 0 Å². The first-order valence-electron chi connectivity index (χ1n) is 9.33. The van der Waals surface area contributed by atoms with Crippen LogP contribution in [0.3, 0.4) is 0 Å². The fourth-order valence-electron chi connectivity index (χ4n) is 4.25. The average Bonchev–Trinajstić information content (AvgIpc) is 2.86. The molecule has 6 heteroatoms. The van der Waals surface area contributed by atoms with Gasteiger partial charge in [-0.1, -0.05) is 31.9 Å². The minimum Gasteiger partial charge on any atom is -0.390 e. The van der Waals surface area contributed by atoms with Gasteiger partial charge in [0, 0.05) is 50.4 Å². The highest BCUT2D eigenvalue weighted by molar-refractivity contribution is 9.10. The number of nitrogens with zero attached hydrogens (tertiary/aromatic N) is 2. The van der Waals surface area contributed by atoms with Crippen LogP contribution in [-0.2, 0) is 11.3 Å². The molecular weight excluding hydrogens is 472 g/mol. The average molecular weight is 496 g/mol. The first-order valence-corrected chi connectivity index (χ1v) is 10.9. The summed E-state index contributed by atoms with van der Waals surface area (Å²) in [5.74, 6) is 0. The topological polar surface area (TPSA) is 37.6 Å². The van der Waals surface area contributed by atoms with Crippen molar-refractivity contribution in [3.05, 3.63) is 45.3 Å². The van der Waals surface area contributed by atoms with E-state index in [0.29, 0.717) is 13.1 Å². The lowest BCUT2D eigenvalue weighted by atomic mass is 10.2. The number of rotatable bonds is 4. The summed E-state index contributed by atoms with van der Waals surface area (Å²) in [6.07, 6.45) is -0.0126. The maximum Gasteiger partial charge on any atom is 0.0846 e. The van der Waals surface area contributed by atoms with Gasteiger partial charge in [-0.15, -0.1) is 0 Å². The van der Waals surface area contributed by atoms with Crippen LogP contribution in [0.25, 0.3) is 21.8 Å². The van der Waals surface area contributed by atoms with Crippen LogP contribution in [-0.4, -0.2) is 52.5 Å². The van der Waals surface area contributed by atoms with E-state index >= 15 is 0 Å². The molecule has 1 aromatic heterocycles. The third-order valence-corrected chi connectivity index (χ3v) is 6.13. The molecule has 0 amide bonds. The van der Waals surface area contributed by atoms with Crippen LogP contribution in [0.1, 0.15) is 13.8 Å². The van der Waals surface area contributed by atoms with E-state index in [2.05, 4.69) is 91.6 Å². The molecule has 4 rings (SSSR count). The van der Waals surface area contributed by atoms with Crippen molar-refractivity contribution in [3.63, 3.8) is 0 Å². The third kappa shape index (κ3) is 4.10. The summed E-state index contributed by atoms with van der Waals surface area (Å²) in [5.41, 5.74) is 2.29. The van der Waals surface area contributed by atoms with Crippen molar-refractivity contribution in [2.75, 3.05) is 19.6 Å². The number of ether oxygens (including phenoxy) is 1. The third-order valence-electron chi connectivity index (χ3n) is 5.15. The highest BCUT2D eigenvalue weighted by Gasteiger charge is 2.24. The number of hydrogen-bond donors (Lipinski definition) is 1. The second-order valence-corrected chi connectivity index (χ2v) is 9.39. The number of β-amino-alcohol motifs (C(OH)–C–C–N with tert-alkyl or cyclic N) is 1. The summed E-state index contributed by atoms with van der Waals surface area (Å²) in [6, 6.07) is 12.7. The van der Waals surface area contributed by atoms with Crippen molar-refractivity contribution in [3.8, 4) is 0 Å².